The van der Waals surface area contributed by atoms with E-state index in [2.05, 4.69) is 5.32 Å². The SMILES string of the molecule is O=C(O)C1(CNc2c(F)cccc2[N+](=O)[O-])CC1. The van der Waals surface area contributed by atoms with E-state index in [9.17, 15) is 19.3 Å². The minimum atomic E-state index is -0.964. The molecule has 1 aliphatic rings. The van der Waals surface area contributed by atoms with Crippen molar-refractivity contribution >= 4 is 17.3 Å². The van der Waals surface area contributed by atoms with Gasteiger partial charge in [0, 0.05) is 12.6 Å². The summed E-state index contributed by atoms with van der Waals surface area (Å²) in [7, 11) is 0. The normalized spacial score (nSPS) is 16.1. The molecule has 7 heteroatoms. The molecule has 0 aliphatic heterocycles. The Morgan fingerprint density at radius 1 is 1.56 bits per heavy atom. The predicted octanol–water partition coefficient (Wildman–Crippen LogP) is 2.01. The average molecular weight is 254 g/mol. The van der Waals surface area contributed by atoms with Gasteiger partial charge < -0.3 is 10.4 Å². The van der Waals surface area contributed by atoms with Gasteiger partial charge in [-0.15, -0.1) is 0 Å². The van der Waals surface area contributed by atoms with Crippen LogP contribution in [0.4, 0.5) is 15.8 Å². The van der Waals surface area contributed by atoms with Crippen LogP contribution >= 0.6 is 0 Å². The summed E-state index contributed by atoms with van der Waals surface area (Å²) >= 11 is 0. The largest absolute Gasteiger partial charge is 0.481 e. The number of nitrogens with zero attached hydrogens (tertiary/aromatic N) is 1. The van der Waals surface area contributed by atoms with Gasteiger partial charge in [0.05, 0.1) is 10.3 Å². The molecule has 0 amide bonds. The molecular weight excluding hydrogens is 243 g/mol. The van der Waals surface area contributed by atoms with Gasteiger partial charge >= 0.3 is 5.97 Å². The third-order valence-electron chi connectivity index (χ3n) is 3.10. The number of rotatable bonds is 5. The zero-order chi connectivity index (χ0) is 13.3. The number of para-hydroxylation sites is 1. The number of aliphatic carboxylic acids is 1. The van der Waals surface area contributed by atoms with E-state index < -0.39 is 27.8 Å². The van der Waals surface area contributed by atoms with Gasteiger partial charge in [0.1, 0.15) is 5.69 Å². The lowest BCUT2D eigenvalue weighted by Gasteiger charge is -2.12. The number of halogens is 1. The van der Waals surface area contributed by atoms with Crippen LogP contribution in [-0.2, 0) is 4.79 Å². The predicted molar refractivity (Wildman–Crippen MR) is 60.8 cm³/mol. The molecule has 0 unspecified atom stereocenters. The molecule has 96 valence electrons. The van der Waals surface area contributed by atoms with Crippen molar-refractivity contribution in [2.45, 2.75) is 12.8 Å². The minimum Gasteiger partial charge on any atom is -0.481 e. The summed E-state index contributed by atoms with van der Waals surface area (Å²) in [6, 6.07) is 3.50. The van der Waals surface area contributed by atoms with Gasteiger partial charge in [-0.2, -0.15) is 0 Å². The Labute approximate surface area is 102 Å². The summed E-state index contributed by atoms with van der Waals surface area (Å²) in [6.07, 6.45) is 0.995. The van der Waals surface area contributed by atoms with Gasteiger partial charge in [-0.1, -0.05) is 6.07 Å². The van der Waals surface area contributed by atoms with Gasteiger partial charge in [-0.25, -0.2) is 4.39 Å². The third kappa shape index (κ3) is 2.11. The molecule has 1 aromatic rings. The monoisotopic (exact) mass is 254 g/mol. The fraction of sp³-hybridized carbons (Fsp3) is 0.364. The second-order valence-electron chi connectivity index (χ2n) is 4.33. The van der Waals surface area contributed by atoms with E-state index in [1.54, 1.807) is 0 Å². The van der Waals surface area contributed by atoms with Crippen molar-refractivity contribution in [3.05, 3.63) is 34.1 Å². The summed E-state index contributed by atoms with van der Waals surface area (Å²) < 4.78 is 13.5. The fourth-order valence-electron chi connectivity index (χ4n) is 1.71. The number of carboxylic acid groups (broad SMARTS) is 1. The van der Waals surface area contributed by atoms with Crippen LogP contribution in [0, 0.1) is 21.3 Å². The molecule has 2 rings (SSSR count). The highest BCUT2D eigenvalue weighted by atomic mass is 19.1. The minimum absolute atomic E-state index is 0.00981. The van der Waals surface area contributed by atoms with Crippen LogP contribution in [0.5, 0.6) is 0 Å². The maximum Gasteiger partial charge on any atom is 0.311 e. The number of carboxylic acids is 1. The van der Waals surface area contributed by atoms with E-state index in [0.717, 1.165) is 6.07 Å². The van der Waals surface area contributed by atoms with Crippen LogP contribution in [0.1, 0.15) is 12.8 Å². The van der Waals surface area contributed by atoms with E-state index in [4.69, 9.17) is 5.11 Å². The standard InChI is InChI=1S/C11H11FN2O4/c12-7-2-1-3-8(14(17)18)9(7)13-6-11(4-5-11)10(15)16/h1-3,13H,4-6H2,(H,15,16). The molecule has 1 aromatic carbocycles. The molecule has 1 aliphatic carbocycles. The van der Waals surface area contributed by atoms with Crippen molar-refractivity contribution in [1.82, 2.24) is 0 Å². The van der Waals surface area contributed by atoms with Gasteiger partial charge in [-0.3, -0.25) is 14.9 Å². The number of hydrogen-bond acceptors (Lipinski definition) is 4. The van der Waals surface area contributed by atoms with Crippen molar-refractivity contribution in [2.24, 2.45) is 5.41 Å². The molecule has 0 heterocycles. The lowest BCUT2D eigenvalue weighted by Crippen LogP contribution is -2.25. The van der Waals surface area contributed by atoms with Gasteiger partial charge in [-0.05, 0) is 18.9 Å². The van der Waals surface area contributed by atoms with E-state index in [-0.39, 0.29) is 12.2 Å². The van der Waals surface area contributed by atoms with Crippen LogP contribution in [0.15, 0.2) is 18.2 Å². The Morgan fingerprint density at radius 2 is 2.22 bits per heavy atom. The first-order valence-corrected chi connectivity index (χ1v) is 5.36. The lowest BCUT2D eigenvalue weighted by atomic mass is 10.1. The molecular formula is C11H11FN2O4. The van der Waals surface area contributed by atoms with E-state index >= 15 is 0 Å². The second kappa shape index (κ2) is 4.25. The first kappa shape index (κ1) is 12.3. The first-order valence-electron chi connectivity index (χ1n) is 5.36. The molecule has 1 fully saturated rings. The summed E-state index contributed by atoms with van der Waals surface area (Å²) in [5.74, 6) is -1.72. The smallest absolute Gasteiger partial charge is 0.311 e. The number of nitrogens with one attached hydrogen (secondary N) is 1. The summed E-state index contributed by atoms with van der Waals surface area (Å²) in [5.41, 5.74) is -1.55. The van der Waals surface area contributed by atoms with Gasteiger partial charge in [0.25, 0.3) is 5.69 Å². The van der Waals surface area contributed by atoms with Crippen molar-refractivity contribution in [3.63, 3.8) is 0 Å². The van der Waals surface area contributed by atoms with E-state index in [1.807, 2.05) is 0 Å². The highest BCUT2D eigenvalue weighted by molar-refractivity contribution is 5.79. The molecule has 0 saturated heterocycles. The Bertz CT molecular complexity index is 514. The van der Waals surface area contributed by atoms with E-state index in [0.29, 0.717) is 12.8 Å². The summed E-state index contributed by atoms with van der Waals surface area (Å²) in [6.45, 7) is -0.00981. The number of hydrogen-bond donors (Lipinski definition) is 2. The Hall–Kier alpha value is -2.18. The lowest BCUT2D eigenvalue weighted by molar-refractivity contribution is -0.384. The first-order chi connectivity index (χ1) is 8.46. The van der Waals surface area contributed by atoms with Gasteiger partial charge in [0.2, 0.25) is 0 Å². The molecule has 0 bridgehead atoms. The second-order valence-corrected chi connectivity index (χ2v) is 4.33. The molecule has 0 radical (unpaired) electrons. The average Bonchev–Trinajstić information content (AvgIpc) is 3.08. The zero-order valence-electron chi connectivity index (χ0n) is 9.35. The number of nitro groups is 1. The molecule has 0 aromatic heterocycles. The maximum atomic E-state index is 13.5. The molecule has 1 saturated carbocycles. The quantitative estimate of drug-likeness (QED) is 0.619. The third-order valence-corrected chi connectivity index (χ3v) is 3.10. The molecule has 0 atom stereocenters. The van der Waals surface area contributed by atoms with E-state index in [1.165, 1.54) is 12.1 Å². The van der Waals surface area contributed by atoms with Crippen molar-refractivity contribution in [2.75, 3.05) is 11.9 Å². The molecule has 6 nitrogen and oxygen atoms in total. The van der Waals surface area contributed by atoms with Crippen molar-refractivity contribution < 1.29 is 19.2 Å². The highest BCUT2D eigenvalue weighted by Crippen LogP contribution is 2.46. The molecule has 18 heavy (non-hydrogen) atoms. The zero-order valence-corrected chi connectivity index (χ0v) is 9.35. The summed E-state index contributed by atoms with van der Waals surface area (Å²) in [5, 5.41) is 22.2. The maximum absolute atomic E-state index is 13.5. The number of nitro benzene ring substituents is 1. The number of benzene rings is 1. The van der Waals surface area contributed by atoms with Crippen LogP contribution in [-0.4, -0.2) is 22.5 Å². The van der Waals surface area contributed by atoms with Crippen molar-refractivity contribution in [1.29, 1.82) is 0 Å². The molecule has 2 N–H and O–H groups in total. The van der Waals surface area contributed by atoms with Gasteiger partial charge in [0.15, 0.2) is 5.82 Å². The van der Waals surface area contributed by atoms with Crippen LogP contribution in [0.3, 0.4) is 0 Å². The van der Waals surface area contributed by atoms with Crippen LogP contribution < -0.4 is 5.32 Å². The molecule has 0 spiro atoms. The Morgan fingerprint density at radius 3 is 2.72 bits per heavy atom. The number of carbonyl (C=O) groups is 1. The number of anilines is 1. The fourth-order valence-corrected chi connectivity index (χ4v) is 1.71. The Balaban J connectivity index is 2.19. The topological polar surface area (TPSA) is 92.5 Å². The van der Waals surface area contributed by atoms with Crippen LogP contribution in [0.25, 0.3) is 0 Å². The Kier molecular flexibility index (Phi) is 2.90. The van der Waals surface area contributed by atoms with Crippen LogP contribution in [0.2, 0.25) is 0 Å². The van der Waals surface area contributed by atoms with Crippen molar-refractivity contribution in [3.8, 4) is 0 Å². The highest BCUT2D eigenvalue weighted by Gasteiger charge is 2.50. The summed E-state index contributed by atoms with van der Waals surface area (Å²) in [4.78, 5) is 21.0.